The van der Waals surface area contributed by atoms with E-state index in [1.165, 1.54) is 30.2 Å². The van der Waals surface area contributed by atoms with Crippen LogP contribution in [0.25, 0.3) is 11.0 Å². The van der Waals surface area contributed by atoms with Crippen LogP contribution in [0.5, 0.6) is 11.6 Å². The Hall–Kier alpha value is -4.47. The Bertz CT molecular complexity index is 1960. The van der Waals surface area contributed by atoms with Gasteiger partial charge in [-0.3, -0.25) is 19.1 Å². The molecule has 1 aromatic heterocycles. The number of carboxylic acid groups (broad SMARTS) is 1. The number of amides is 4. The summed E-state index contributed by atoms with van der Waals surface area (Å²) < 4.78 is 39.9. The fourth-order valence-corrected chi connectivity index (χ4v) is 9.25. The van der Waals surface area contributed by atoms with Crippen LogP contribution in [-0.2, 0) is 30.8 Å². The Kier molecular flexibility index (Phi) is 11.9. The summed E-state index contributed by atoms with van der Waals surface area (Å²) in [6.07, 6.45) is 8.15. The number of likely N-dealkylation sites (tertiary alicyclic amines) is 1. The molecule has 306 valence electrons. The van der Waals surface area contributed by atoms with Crippen molar-refractivity contribution in [3.05, 3.63) is 36.5 Å². The van der Waals surface area contributed by atoms with Crippen molar-refractivity contribution in [2.45, 2.75) is 127 Å². The maximum absolute atomic E-state index is 14.6. The molecule has 4 fully saturated rings. The highest BCUT2D eigenvalue weighted by molar-refractivity contribution is 7.91. The van der Waals surface area contributed by atoms with Gasteiger partial charge in [0, 0.05) is 17.9 Å². The topological polar surface area (TPSA) is 206 Å². The molecule has 1 aromatic carbocycles. The number of hydrogen-bond donors (Lipinski definition) is 4. The SMILES string of the molecule is C=C[C@@H]1C[C@]1(NC(=O)[C@@H]1[C@H](CC)[C@@H](Oc2nc3cc(OC)ccc3nc2CCCCCC2CC2)CN1C(=O)[C@@H](NC(=O)O)C(C)(C)C)C(=O)NS(=O)(=O)C1CC1. The first-order chi connectivity index (χ1) is 26.5. The number of aromatic nitrogens is 2. The number of nitrogens with zero attached hydrogens (tertiary/aromatic N) is 3. The smallest absolute Gasteiger partial charge is 0.405 e. The molecule has 15 nitrogen and oxygen atoms in total. The van der Waals surface area contributed by atoms with E-state index >= 15 is 0 Å². The highest BCUT2D eigenvalue weighted by Crippen LogP contribution is 2.46. The summed E-state index contributed by atoms with van der Waals surface area (Å²) in [5, 5.41) is 14.3. The molecule has 0 unspecified atom stereocenters. The Morgan fingerprint density at radius 3 is 2.41 bits per heavy atom. The lowest BCUT2D eigenvalue weighted by molar-refractivity contribution is -0.143. The number of aryl methyl sites for hydroxylation is 1. The highest BCUT2D eigenvalue weighted by Gasteiger charge is 2.62. The van der Waals surface area contributed by atoms with Crippen molar-refractivity contribution in [2.24, 2.45) is 23.2 Å². The van der Waals surface area contributed by atoms with Gasteiger partial charge in [-0.25, -0.2) is 23.2 Å². The molecular weight excluding hydrogens is 741 g/mol. The molecule has 0 radical (unpaired) electrons. The van der Waals surface area contributed by atoms with E-state index in [1.807, 2.05) is 19.1 Å². The van der Waals surface area contributed by atoms with Crippen molar-refractivity contribution in [3.63, 3.8) is 0 Å². The van der Waals surface area contributed by atoms with E-state index < -0.39 is 80.1 Å². The van der Waals surface area contributed by atoms with Crippen molar-refractivity contribution in [2.75, 3.05) is 13.7 Å². The van der Waals surface area contributed by atoms with Crippen LogP contribution in [0.15, 0.2) is 30.9 Å². The zero-order valence-electron chi connectivity index (χ0n) is 33.0. The molecule has 56 heavy (non-hydrogen) atoms. The molecule has 4 amide bonds. The summed E-state index contributed by atoms with van der Waals surface area (Å²) in [5.74, 6) is -1.67. The standard InChI is InChI=1S/C40H56N6O9S/c1-7-24-21-40(24,37(49)45-56(52,53)26-17-18-26)44-34(47)32-27(8-2)31(22-46(32)36(48)33(39(3,4)5)43-38(50)51)55-35-29(13-11-9-10-12-23-14-15-23)41-28-19-16-25(54-6)20-30(28)42-35/h7,16,19-20,23-24,26-27,31-33,43H,1,8-15,17-18,21-22H2,2-6H3,(H,44,47)(H,45,49)(H,50,51)/t24-,27-,31+,32+,33-,40-/m1/s1. The first-order valence-electron chi connectivity index (χ1n) is 19.8. The van der Waals surface area contributed by atoms with Crippen molar-refractivity contribution >= 4 is 44.9 Å². The molecule has 16 heteroatoms. The molecule has 0 spiro atoms. The number of methoxy groups -OCH3 is 1. The van der Waals surface area contributed by atoms with Crippen LogP contribution in [0, 0.1) is 23.2 Å². The molecule has 6 atom stereocenters. The first kappa shape index (κ1) is 41.2. The van der Waals surface area contributed by atoms with Crippen LogP contribution in [0.3, 0.4) is 0 Å². The largest absolute Gasteiger partial charge is 0.497 e. The quantitative estimate of drug-likeness (QED) is 0.122. The molecule has 6 rings (SSSR count). The number of fused-ring (bicyclic) bond motifs is 1. The Morgan fingerprint density at radius 1 is 1.09 bits per heavy atom. The summed E-state index contributed by atoms with van der Waals surface area (Å²) >= 11 is 0. The molecule has 3 aliphatic carbocycles. The molecule has 4 aliphatic rings. The second kappa shape index (κ2) is 16.2. The Labute approximate surface area is 328 Å². The summed E-state index contributed by atoms with van der Waals surface area (Å²) in [4.78, 5) is 65.9. The van der Waals surface area contributed by atoms with Gasteiger partial charge in [-0.2, -0.15) is 0 Å². The van der Waals surface area contributed by atoms with Gasteiger partial charge in [0.2, 0.25) is 27.7 Å². The number of benzene rings is 1. The molecular formula is C40H56N6O9S. The van der Waals surface area contributed by atoms with Gasteiger partial charge in [0.1, 0.15) is 35.2 Å². The lowest BCUT2D eigenvalue weighted by Crippen LogP contribution is -2.61. The van der Waals surface area contributed by atoms with Crippen LogP contribution in [0.2, 0.25) is 0 Å². The number of sulfonamides is 1. The Balaban J connectivity index is 1.33. The first-order valence-corrected chi connectivity index (χ1v) is 21.4. The summed E-state index contributed by atoms with van der Waals surface area (Å²) in [6, 6.07) is 2.96. The predicted molar refractivity (Wildman–Crippen MR) is 208 cm³/mol. The minimum Gasteiger partial charge on any atom is -0.497 e. The predicted octanol–water partition coefficient (Wildman–Crippen LogP) is 4.49. The van der Waals surface area contributed by atoms with E-state index in [1.54, 1.807) is 33.9 Å². The molecule has 1 aliphatic heterocycles. The van der Waals surface area contributed by atoms with Crippen LogP contribution in [-0.4, -0.2) is 94.8 Å². The highest BCUT2D eigenvalue weighted by atomic mass is 32.2. The summed E-state index contributed by atoms with van der Waals surface area (Å²) in [7, 11) is -2.37. The van der Waals surface area contributed by atoms with Gasteiger partial charge in [-0.05, 0) is 62.0 Å². The normalized spacial score (nSPS) is 25.3. The molecule has 2 aromatic rings. The molecule has 0 bridgehead atoms. The average molecular weight is 797 g/mol. The van der Waals surface area contributed by atoms with Crippen molar-refractivity contribution in [1.82, 2.24) is 30.2 Å². The second-order valence-corrected chi connectivity index (χ2v) is 18.9. The zero-order valence-corrected chi connectivity index (χ0v) is 33.8. The number of hydrogen-bond acceptors (Lipinski definition) is 10. The number of nitrogens with one attached hydrogen (secondary N) is 3. The van der Waals surface area contributed by atoms with Crippen LogP contribution in [0.1, 0.15) is 97.6 Å². The monoisotopic (exact) mass is 796 g/mol. The zero-order chi connectivity index (χ0) is 40.6. The Morgan fingerprint density at radius 2 is 1.82 bits per heavy atom. The van der Waals surface area contributed by atoms with E-state index in [4.69, 9.17) is 19.4 Å². The maximum atomic E-state index is 14.6. The third-order valence-electron chi connectivity index (χ3n) is 11.6. The van der Waals surface area contributed by atoms with Crippen molar-refractivity contribution in [3.8, 4) is 11.6 Å². The number of carbonyl (C=O) groups is 4. The van der Waals surface area contributed by atoms with Gasteiger partial charge in [0.25, 0.3) is 5.91 Å². The van der Waals surface area contributed by atoms with Crippen molar-refractivity contribution in [1.29, 1.82) is 0 Å². The van der Waals surface area contributed by atoms with E-state index in [0.29, 0.717) is 48.2 Å². The van der Waals surface area contributed by atoms with Gasteiger partial charge in [-0.1, -0.05) is 65.9 Å². The number of unbranched alkanes of at least 4 members (excludes halogenated alkanes) is 2. The maximum Gasteiger partial charge on any atom is 0.405 e. The van der Waals surface area contributed by atoms with Crippen LogP contribution < -0.4 is 24.8 Å². The number of carbonyl (C=O) groups excluding carboxylic acids is 3. The van der Waals surface area contributed by atoms with E-state index in [0.717, 1.165) is 25.2 Å². The fourth-order valence-electron chi connectivity index (χ4n) is 7.89. The fraction of sp³-hybridized carbons (Fsp3) is 0.650. The van der Waals surface area contributed by atoms with Gasteiger partial charge in [0.05, 0.1) is 29.9 Å². The van der Waals surface area contributed by atoms with Gasteiger partial charge in [-0.15, -0.1) is 6.58 Å². The molecule has 3 saturated carbocycles. The summed E-state index contributed by atoms with van der Waals surface area (Å²) in [6.45, 7) is 10.7. The molecule has 2 heterocycles. The minimum absolute atomic E-state index is 0.0951. The van der Waals surface area contributed by atoms with Gasteiger partial charge < -0.3 is 30.1 Å². The van der Waals surface area contributed by atoms with Crippen LogP contribution >= 0.6 is 0 Å². The van der Waals surface area contributed by atoms with Gasteiger partial charge in [0.15, 0.2) is 0 Å². The van der Waals surface area contributed by atoms with Gasteiger partial charge >= 0.3 is 6.09 Å². The molecule has 1 saturated heterocycles. The minimum atomic E-state index is -3.93. The van der Waals surface area contributed by atoms with Crippen LogP contribution in [0.4, 0.5) is 4.79 Å². The van der Waals surface area contributed by atoms with E-state index in [9.17, 15) is 32.7 Å². The summed E-state index contributed by atoms with van der Waals surface area (Å²) in [5.41, 5.74) is -0.628. The third kappa shape index (κ3) is 9.05. The lowest BCUT2D eigenvalue weighted by atomic mass is 9.85. The molecule has 4 N–H and O–H groups in total. The third-order valence-corrected chi connectivity index (χ3v) is 13.5. The van der Waals surface area contributed by atoms with E-state index in [-0.39, 0.29) is 18.8 Å². The number of rotatable bonds is 18. The average Bonchev–Trinajstić information content (AvgIpc) is 4.03. The lowest BCUT2D eigenvalue weighted by Gasteiger charge is -2.35. The van der Waals surface area contributed by atoms with E-state index in [2.05, 4.69) is 21.9 Å². The van der Waals surface area contributed by atoms with Crippen molar-refractivity contribution < 1.29 is 42.2 Å². The number of ether oxygens (including phenoxy) is 2. The second-order valence-electron chi connectivity index (χ2n) is 17.0.